The van der Waals surface area contributed by atoms with Crippen LogP contribution in [0.5, 0.6) is 0 Å². The summed E-state index contributed by atoms with van der Waals surface area (Å²) in [5, 5.41) is 10.9. The van der Waals surface area contributed by atoms with Crippen LogP contribution in [0.15, 0.2) is 54.9 Å². The van der Waals surface area contributed by atoms with Crippen molar-refractivity contribution in [2.45, 2.75) is 5.92 Å². The number of benzene rings is 1. The predicted octanol–water partition coefficient (Wildman–Crippen LogP) is 3.57. The highest BCUT2D eigenvalue weighted by Crippen LogP contribution is 2.32. The molecule has 2 aromatic heterocycles. The fourth-order valence-electron chi connectivity index (χ4n) is 2.44. The monoisotopic (exact) mass is 285 g/mol. The fraction of sp³-hybridized carbons (Fsp3) is 0.0667. The second-order valence-corrected chi connectivity index (χ2v) is 4.68. The molecule has 2 N–H and O–H groups in total. The van der Waals surface area contributed by atoms with Gasteiger partial charge in [0.05, 0.1) is 16.9 Å². The first-order chi connectivity index (χ1) is 10.1. The normalized spacial score (nSPS) is 11.0. The minimum absolute atomic E-state index is 0.256. The average molecular weight is 285 g/mol. The number of non-ortho nitro benzene ring substituents is 1. The summed E-state index contributed by atoms with van der Waals surface area (Å²) in [7, 11) is 0. The maximum absolute atomic E-state index is 13.7. The van der Waals surface area contributed by atoms with Crippen molar-refractivity contribution in [1.82, 2.24) is 9.97 Å². The van der Waals surface area contributed by atoms with Crippen LogP contribution >= 0.6 is 0 Å². The minimum Gasteiger partial charge on any atom is -0.364 e. The van der Waals surface area contributed by atoms with Gasteiger partial charge in [0.15, 0.2) is 0 Å². The van der Waals surface area contributed by atoms with Gasteiger partial charge >= 0.3 is 0 Å². The zero-order valence-electron chi connectivity index (χ0n) is 10.9. The number of halogens is 1. The van der Waals surface area contributed by atoms with Gasteiger partial charge in [0, 0.05) is 29.8 Å². The molecule has 0 spiro atoms. The minimum atomic E-state index is -0.623. The molecule has 0 atom stereocenters. The number of aromatic nitrogens is 2. The lowest BCUT2D eigenvalue weighted by molar-refractivity contribution is -0.385. The van der Waals surface area contributed by atoms with E-state index in [0.29, 0.717) is 5.56 Å². The summed E-state index contributed by atoms with van der Waals surface area (Å²) in [6.45, 7) is 0. The van der Waals surface area contributed by atoms with Crippen LogP contribution in [0, 0.1) is 15.9 Å². The van der Waals surface area contributed by atoms with E-state index in [1.165, 1.54) is 12.1 Å². The highest BCUT2D eigenvalue weighted by Gasteiger charge is 2.22. The van der Waals surface area contributed by atoms with E-state index in [0.717, 1.165) is 17.5 Å². The van der Waals surface area contributed by atoms with Gasteiger partial charge < -0.3 is 9.97 Å². The molecule has 6 heteroatoms. The van der Waals surface area contributed by atoms with Crippen molar-refractivity contribution in [3.63, 3.8) is 0 Å². The maximum atomic E-state index is 13.7. The molecule has 0 unspecified atom stereocenters. The number of nitro benzene ring substituents is 1. The third-order valence-corrected chi connectivity index (χ3v) is 3.32. The Kier molecular flexibility index (Phi) is 3.27. The van der Waals surface area contributed by atoms with E-state index < -0.39 is 10.7 Å². The number of nitrogens with one attached hydrogen (secondary N) is 2. The number of nitro groups is 1. The van der Waals surface area contributed by atoms with E-state index in [1.54, 1.807) is 12.4 Å². The van der Waals surface area contributed by atoms with Gasteiger partial charge in [-0.2, -0.15) is 0 Å². The Morgan fingerprint density at radius 3 is 2.14 bits per heavy atom. The average Bonchev–Trinajstić information content (AvgIpc) is 3.12. The predicted molar refractivity (Wildman–Crippen MR) is 75.6 cm³/mol. The molecule has 1 aromatic carbocycles. The summed E-state index contributed by atoms with van der Waals surface area (Å²) in [4.78, 5) is 16.5. The lowest BCUT2D eigenvalue weighted by atomic mass is 9.92. The molecule has 3 aromatic rings. The SMILES string of the molecule is O=[N+]([O-])c1cc(F)cc(C(c2ccc[nH]2)c2ccc[nH]2)c1. The second-order valence-electron chi connectivity index (χ2n) is 4.68. The lowest BCUT2D eigenvalue weighted by Gasteiger charge is -2.15. The Labute approximate surface area is 119 Å². The summed E-state index contributed by atoms with van der Waals surface area (Å²) in [6.07, 6.45) is 3.53. The molecule has 0 aliphatic heterocycles. The topological polar surface area (TPSA) is 74.7 Å². The summed E-state index contributed by atoms with van der Waals surface area (Å²) in [6, 6.07) is 11.0. The number of aromatic amines is 2. The molecule has 3 rings (SSSR count). The van der Waals surface area contributed by atoms with E-state index in [-0.39, 0.29) is 11.6 Å². The Bertz CT molecular complexity index is 717. The number of hydrogen-bond acceptors (Lipinski definition) is 2. The molecule has 0 bridgehead atoms. The highest BCUT2D eigenvalue weighted by molar-refractivity contribution is 5.44. The lowest BCUT2D eigenvalue weighted by Crippen LogP contribution is -2.05. The first-order valence-electron chi connectivity index (χ1n) is 6.36. The van der Waals surface area contributed by atoms with Gasteiger partial charge in [0.1, 0.15) is 5.82 Å². The third-order valence-electron chi connectivity index (χ3n) is 3.32. The smallest absolute Gasteiger partial charge is 0.272 e. The van der Waals surface area contributed by atoms with Gasteiger partial charge in [0.25, 0.3) is 5.69 Å². The number of nitrogens with zero attached hydrogens (tertiary/aromatic N) is 1. The van der Waals surface area contributed by atoms with E-state index in [2.05, 4.69) is 9.97 Å². The van der Waals surface area contributed by atoms with Gasteiger partial charge in [-0.3, -0.25) is 10.1 Å². The van der Waals surface area contributed by atoms with Gasteiger partial charge in [-0.15, -0.1) is 0 Å². The molecule has 0 amide bonds. The Morgan fingerprint density at radius 1 is 1.05 bits per heavy atom. The van der Waals surface area contributed by atoms with Gasteiger partial charge in [-0.05, 0) is 35.9 Å². The molecule has 0 saturated heterocycles. The molecule has 0 aliphatic carbocycles. The summed E-state index contributed by atoms with van der Waals surface area (Å²) >= 11 is 0. The van der Waals surface area contributed by atoms with Crippen molar-refractivity contribution in [3.8, 4) is 0 Å². The molecule has 5 nitrogen and oxygen atoms in total. The van der Waals surface area contributed by atoms with Crippen LogP contribution < -0.4 is 0 Å². The largest absolute Gasteiger partial charge is 0.364 e. The molecule has 0 fully saturated rings. The molecule has 0 radical (unpaired) electrons. The van der Waals surface area contributed by atoms with Crippen LogP contribution in [0.2, 0.25) is 0 Å². The Hall–Kier alpha value is -2.89. The molecule has 2 heterocycles. The summed E-state index contributed by atoms with van der Waals surface area (Å²) in [5.74, 6) is -0.938. The Morgan fingerprint density at radius 2 is 1.67 bits per heavy atom. The van der Waals surface area contributed by atoms with E-state index in [4.69, 9.17) is 0 Å². The maximum Gasteiger partial charge on any atom is 0.272 e. The van der Waals surface area contributed by atoms with Crippen LogP contribution in [-0.4, -0.2) is 14.9 Å². The van der Waals surface area contributed by atoms with Gasteiger partial charge in [-0.1, -0.05) is 0 Å². The van der Waals surface area contributed by atoms with Crippen molar-refractivity contribution < 1.29 is 9.31 Å². The van der Waals surface area contributed by atoms with E-state index in [9.17, 15) is 14.5 Å². The highest BCUT2D eigenvalue weighted by atomic mass is 19.1. The summed E-state index contributed by atoms with van der Waals surface area (Å²) in [5.41, 5.74) is 1.93. The number of hydrogen-bond donors (Lipinski definition) is 2. The van der Waals surface area contributed by atoms with Gasteiger partial charge in [-0.25, -0.2) is 4.39 Å². The fourth-order valence-corrected chi connectivity index (χ4v) is 2.44. The number of H-pyrrole nitrogens is 2. The van der Waals surface area contributed by atoms with Crippen LogP contribution in [0.4, 0.5) is 10.1 Å². The standard InChI is InChI=1S/C15H12FN3O2/c16-11-7-10(8-12(9-11)19(20)21)15(13-3-1-5-17-13)14-4-2-6-18-14/h1-9,15,17-18H. The first kappa shape index (κ1) is 13.1. The van der Waals surface area contributed by atoms with E-state index in [1.807, 2.05) is 24.3 Å². The van der Waals surface area contributed by atoms with Crippen molar-refractivity contribution >= 4 is 5.69 Å². The Balaban J connectivity index is 2.15. The van der Waals surface area contributed by atoms with Crippen LogP contribution in [0.25, 0.3) is 0 Å². The first-order valence-corrected chi connectivity index (χ1v) is 6.36. The van der Waals surface area contributed by atoms with Crippen LogP contribution in [0.3, 0.4) is 0 Å². The molecule has 106 valence electrons. The van der Waals surface area contributed by atoms with Crippen molar-refractivity contribution in [2.75, 3.05) is 0 Å². The van der Waals surface area contributed by atoms with Crippen molar-refractivity contribution in [2.24, 2.45) is 0 Å². The molecular weight excluding hydrogens is 273 g/mol. The van der Waals surface area contributed by atoms with Crippen molar-refractivity contribution in [1.29, 1.82) is 0 Å². The molecular formula is C15H12FN3O2. The third kappa shape index (κ3) is 2.55. The zero-order valence-corrected chi connectivity index (χ0v) is 10.9. The zero-order chi connectivity index (χ0) is 14.8. The quantitative estimate of drug-likeness (QED) is 0.568. The van der Waals surface area contributed by atoms with E-state index >= 15 is 0 Å². The number of rotatable bonds is 4. The second kappa shape index (κ2) is 5.24. The molecule has 21 heavy (non-hydrogen) atoms. The van der Waals surface area contributed by atoms with Crippen LogP contribution in [0.1, 0.15) is 22.9 Å². The summed E-state index contributed by atoms with van der Waals surface area (Å²) < 4.78 is 13.7. The van der Waals surface area contributed by atoms with Crippen molar-refractivity contribution in [3.05, 3.63) is 87.7 Å². The molecule has 0 saturated carbocycles. The van der Waals surface area contributed by atoms with Gasteiger partial charge in [0.2, 0.25) is 0 Å². The molecule has 0 aliphatic rings. The van der Waals surface area contributed by atoms with Crippen LogP contribution in [-0.2, 0) is 0 Å².